The molecule has 0 aromatic heterocycles. The van der Waals surface area contributed by atoms with Crippen molar-refractivity contribution >= 4 is 15.9 Å². The Hall–Kier alpha value is -0.540. The number of unbranched alkanes of at least 4 members (excludes halogenated alkanes) is 3. The third-order valence-electron chi connectivity index (χ3n) is 2.97. The molecule has 1 unspecified atom stereocenters. The molecule has 1 aromatic carbocycles. The van der Waals surface area contributed by atoms with E-state index in [9.17, 15) is 5.11 Å². The maximum absolute atomic E-state index is 10.2. The summed E-state index contributed by atoms with van der Waals surface area (Å²) in [4.78, 5) is 0. The quantitative estimate of drug-likeness (QED) is 0.695. The Morgan fingerprint density at radius 1 is 1.22 bits per heavy atom. The molecule has 0 aliphatic carbocycles. The summed E-state index contributed by atoms with van der Waals surface area (Å²) in [6.07, 6.45) is 5.19. The zero-order chi connectivity index (χ0) is 13.4. The van der Waals surface area contributed by atoms with E-state index in [4.69, 9.17) is 4.74 Å². The molecule has 1 aromatic rings. The van der Waals surface area contributed by atoms with E-state index in [1.165, 1.54) is 19.3 Å². The highest BCUT2D eigenvalue weighted by Crippen LogP contribution is 2.30. The molecule has 0 radical (unpaired) electrons. The minimum absolute atomic E-state index is 0.382. The third kappa shape index (κ3) is 4.99. The molecule has 0 spiro atoms. The van der Waals surface area contributed by atoms with Gasteiger partial charge in [0.1, 0.15) is 5.75 Å². The van der Waals surface area contributed by atoms with Crippen molar-refractivity contribution in [2.45, 2.75) is 52.1 Å². The zero-order valence-corrected chi connectivity index (χ0v) is 12.9. The van der Waals surface area contributed by atoms with Crippen LogP contribution in [0.3, 0.4) is 0 Å². The summed E-state index contributed by atoms with van der Waals surface area (Å²) in [5.41, 5.74) is 0.954. The van der Waals surface area contributed by atoms with Crippen LogP contribution in [0.25, 0.3) is 0 Å². The molecular formula is C15H23BrO2. The third-order valence-corrected chi connectivity index (χ3v) is 3.66. The van der Waals surface area contributed by atoms with Gasteiger partial charge in [-0.3, -0.25) is 0 Å². The first-order valence-corrected chi connectivity index (χ1v) is 7.58. The lowest BCUT2D eigenvalue weighted by Gasteiger charge is -2.14. The van der Waals surface area contributed by atoms with Gasteiger partial charge >= 0.3 is 0 Å². The van der Waals surface area contributed by atoms with Crippen molar-refractivity contribution in [3.8, 4) is 5.75 Å². The molecule has 102 valence electrons. The molecule has 1 atom stereocenters. The van der Waals surface area contributed by atoms with E-state index in [1.54, 1.807) is 0 Å². The maximum atomic E-state index is 10.2. The Bertz CT molecular complexity index is 352. The van der Waals surface area contributed by atoms with Gasteiger partial charge in [-0.15, -0.1) is 0 Å². The summed E-state index contributed by atoms with van der Waals surface area (Å²) in [7, 11) is 0. The van der Waals surface area contributed by atoms with Crippen LogP contribution in [0, 0.1) is 0 Å². The lowest BCUT2D eigenvalue weighted by atomic mass is 10.0. The van der Waals surface area contributed by atoms with Crippen molar-refractivity contribution in [3.05, 3.63) is 28.2 Å². The van der Waals surface area contributed by atoms with Gasteiger partial charge in [0.25, 0.3) is 0 Å². The standard InChI is InChI=1S/C15H23BrO2/c1-3-5-6-7-8-15(17)13-10-9-12(18-4-2)11-14(13)16/h9-11,15,17H,3-8H2,1-2H3. The van der Waals surface area contributed by atoms with Crippen LogP contribution in [0.5, 0.6) is 5.75 Å². The number of rotatable bonds is 8. The fourth-order valence-corrected chi connectivity index (χ4v) is 2.58. The number of benzene rings is 1. The van der Waals surface area contributed by atoms with Gasteiger partial charge < -0.3 is 9.84 Å². The molecule has 0 saturated carbocycles. The van der Waals surface area contributed by atoms with Gasteiger partial charge in [0.2, 0.25) is 0 Å². The average molecular weight is 315 g/mol. The van der Waals surface area contributed by atoms with E-state index in [1.807, 2.05) is 25.1 Å². The number of aliphatic hydroxyl groups excluding tert-OH is 1. The second kappa shape index (κ2) is 8.54. The molecular weight excluding hydrogens is 292 g/mol. The largest absolute Gasteiger partial charge is 0.494 e. The van der Waals surface area contributed by atoms with Crippen LogP contribution in [-0.4, -0.2) is 11.7 Å². The summed E-state index contributed by atoms with van der Waals surface area (Å²) >= 11 is 3.50. The fourth-order valence-electron chi connectivity index (χ4n) is 1.95. The Labute approximate surface area is 118 Å². The molecule has 1 N–H and O–H groups in total. The van der Waals surface area contributed by atoms with Crippen LogP contribution in [0.4, 0.5) is 0 Å². The lowest BCUT2D eigenvalue weighted by molar-refractivity contribution is 0.162. The average Bonchev–Trinajstić information content (AvgIpc) is 2.35. The molecule has 1 rings (SSSR count). The van der Waals surface area contributed by atoms with E-state index >= 15 is 0 Å². The summed E-state index contributed by atoms with van der Waals surface area (Å²) in [6.45, 7) is 4.81. The number of hydrogen-bond donors (Lipinski definition) is 1. The Morgan fingerprint density at radius 2 is 2.00 bits per heavy atom. The van der Waals surface area contributed by atoms with Gasteiger partial charge in [-0.05, 0) is 31.0 Å². The van der Waals surface area contributed by atoms with Crippen LogP contribution in [-0.2, 0) is 0 Å². The van der Waals surface area contributed by atoms with E-state index in [2.05, 4.69) is 22.9 Å². The SMILES string of the molecule is CCCCCCC(O)c1ccc(OCC)cc1Br. The molecule has 0 amide bonds. The number of halogens is 1. The van der Waals surface area contributed by atoms with E-state index in [0.717, 1.165) is 28.6 Å². The molecule has 0 aliphatic heterocycles. The first-order chi connectivity index (χ1) is 8.69. The fraction of sp³-hybridized carbons (Fsp3) is 0.600. The number of ether oxygens (including phenoxy) is 1. The normalized spacial score (nSPS) is 12.4. The summed E-state index contributed by atoms with van der Waals surface area (Å²) in [5.74, 6) is 0.839. The Morgan fingerprint density at radius 3 is 2.61 bits per heavy atom. The number of aliphatic hydroxyl groups is 1. The first-order valence-electron chi connectivity index (χ1n) is 6.79. The second-order valence-corrected chi connectivity index (χ2v) is 5.34. The molecule has 0 aliphatic rings. The summed E-state index contributed by atoms with van der Waals surface area (Å²) in [5, 5.41) is 10.2. The predicted octanol–water partition coefficient (Wildman–Crippen LogP) is 4.85. The van der Waals surface area contributed by atoms with Gasteiger partial charge in [0.05, 0.1) is 12.7 Å². The molecule has 0 saturated heterocycles. The van der Waals surface area contributed by atoms with E-state index < -0.39 is 0 Å². The van der Waals surface area contributed by atoms with Crippen molar-refractivity contribution in [1.29, 1.82) is 0 Å². The second-order valence-electron chi connectivity index (χ2n) is 4.48. The summed E-state index contributed by atoms with van der Waals surface area (Å²) in [6, 6.07) is 5.78. The van der Waals surface area contributed by atoms with Crippen molar-refractivity contribution in [1.82, 2.24) is 0 Å². The van der Waals surface area contributed by atoms with Gasteiger partial charge in [0, 0.05) is 4.47 Å². The van der Waals surface area contributed by atoms with Crippen LogP contribution in [0.1, 0.15) is 57.6 Å². The highest BCUT2D eigenvalue weighted by Gasteiger charge is 2.11. The maximum Gasteiger partial charge on any atom is 0.120 e. The number of hydrogen-bond acceptors (Lipinski definition) is 2. The first kappa shape index (κ1) is 15.5. The van der Waals surface area contributed by atoms with Crippen LogP contribution in [0.15, 0.2) is 22.7 Å². The van der Waals surface area contributed by atoms with Crippen LogP contribution >= 0.6 is 15.9 Å². The Balaban J connectivity index is 2.54. The van der Waals surface area contributed by atoms with E-state index in [0.29, 0.717) is 6.61 Å². The monoisotopic (exact) mass is 314 g/mol. The zero-order valence-electron chi connectivity index (χ0n) is 11.3. The lowest BCUT2D eigenvalue weighted by Crippen LogP contribution is -2.00. The van der Waals surface area contributed by atoms with Gasteiger partial charge in [-0.1, -0.05) is 54.6 Å². The van der Waals surface area contributed by atoms with Crippen LogP contribution < -0.4 is 4.74 Å². The van der Waals surface area contributed by atoms with Crippen molar-refractivity contribution < 1.29 is 9.84 Å². The summed E-state index contributed by atoms with van der Waals surface area (Å²) < 4.78 is 6.35. The van der Waals surface area contributed by atoms with Gasteiger partial charge in [0.15, 0.2) is 0 Å². The minimum atomic E-state index is -0.382. The molecule has 2 nitrogen and oxygen atoms in total. The minimum Gasteiger partial charge on any atom is -0.494 e. The topological polar surface area (TPSA) is 29.5 Å². The van der Waals surface area contributed by atoms with Crippen molar-refractivity contribution in [2.24, 2.45) is 0 Å². The molecule has 0 heterocycles. The van der Waals surface area contributed by atoms with Gasteiger partial charge in [-0.25, -0.2) is 0 Å². The van der Waals surface area contributed by atoms with Crippen molar-refractivity contribution in [3.63, 3.8) is 0 Å². The molecule has 3 heteroatoms. The smallest absolute Gasteiger partial charge is 0.120 e. The highest BCUT2D eigenvalue weighted by atomic mass is 79.9. The highest BCUT2D eigenvalue weighted by molar-refractivity contribution is 9.10. The Kier molecular flexibility index (Phi) is 7.36. The molecule has 0 fully saturated rings. The molecule has 18 heavy (non-hydrogen) atoms. The van der Waals surface area contributed by atoms with Crippen LogP contribution in [0.2, 0.25) is 0 Å². The van der Waals surface area contributed by atoms with E-state index in [-0.39, 0.29) is 6.10 Å². The predicted molar refractivity (Wildman–Crippen MR) is 79.0 cm³/mol. The molecule has 0 bridgehead atoms. The van der Waals surface area contributed by atoms with Crippen molar-refractivity contribution in [2.75, 3.05) is 6.61 Å². The van der Waals surface area contributed by atoms with Gasteiger partial charge in [-0.2, -0.15) is 0 Å².